The molecule has 0 aliphatic carbocycles. The van der Waals surface area contributed by atoms with Crippen LogP contribution in [0.4, 0.5) is 4.79 Å². The summed E-state index contributed by atoms with van der Waals surface area (Å²) in [7, 11) is 2.47. The minimum Gasteiger partial charge on any atom is -0.490 e. The van der Waals surface area contributed by atoms with E-state index in [0.717, 1.165) is 4.90 Å². The van der Waals surface area contributed by atoms with Crippen molar-refractivity contribution in [2.45, 2.75) is 26.5 Å². The number of halogens is 2. The van der Waals surface area contributed by atoms with Gasteiger partial charge in [-0.1, -0.05) is 0 Å². The molecule has 0 radical (unpaired) electrons. The molecule has 3 rings (SSSR count). The van der Waals surface area contributed by atoms with Crippen LogP contribution in [0.3, 0.4) is 0 Å². The Bertz CT molecular complexity index is 1240. The highest BCUT2D eigenvalue weighted by atomic mass is 79.9. The van der Waals surface area contributed by atoms with Gasteiger partial charge >= 0.3 is 18.0 Å². The molecule has 1 aliphatic heterocycles. The van der Waals surface area contributed by atoms with E-state index in [4.69, 9.17) is 18.6 Å². The third kappa shape index (κ3) is 5.73. The van der Waals surface area contributed by atoms with E-state index in [9.17, 15) is 19.2 Å². The summed E-state index contributed by atoms with van der Waals surface area (Å²) in [5, 5.41) is 2.53. The van der Waals surface area contributed by atoms with Crippen LogP contribution in [0.5, 0.6) is 11.5 Å². The molecule has 1 aromatic heterocycles. The molecule has 0 bridgehead atoms. The number of carbonyl (C=O) groups is 4. The highest BCUT2D eigenvalue weighted by Gasteiger charge is 2.35. The largest absolute Gasteiger partial charge is 0.490 e. The number of rotatable bonds is 9. The molecular formula is C23H22Br2N2O9. The van der Waals surface area contributed by atoms with Gasteiger partial charge in [-0.3, -0.25) is 9.69 Å². The molecular weight excluding hydrogens is 608 g/mol. The van der Waals surface area contributed by atoms with Crippen LogP contribution in [0.2, 0.25) is 0 Å². The Hall–Kier alpha value is -3.32. The fourth-order valence-electron chi connectivity index (χ4n) is 3.17. The van der Waals surface area contributed by atoms with Gasteiger partial charge in [-0.25, -0.2) is 14.4 Å². The number of nitrogens with zero attached hydrogens (tertiary/aromatic N) is 1. The molecule has 13 heteroatoms. The second-order valence-electron chi connectivity index (χ2n) is 7.27. The molecule has 1 atom stereocenters. The van der Waals surface area contributed by atoms with E-state index in [1.807, 2.05) is 0 Å². The number of hydrogen-bond acceptors (Lipinski definition) is 9. The molecule has 1 saturated heterocycles. The number of hydrogen-bond donors (Lipinski definition) is 1. The molecule has 3 amide bonds. The third-order valence-electron chi connectivity index (χ3n) is 4.91. The Morgan fingerprint density at radius 1 is 1.17 bits per heavy atom. The fraction of sp³-hybridized carbons (Fsp3) is 0.304. The number of amides is 3. The third-order valence-corrected chi connectivity index (χ3v) is 7.05. The van der Waals surface area contributed by atoms with E-state index in [2.05, 4.69) is 41.9 Å². The van der Waals surface area contributed by atoms with E-state index >= 15 is 0 Å². The van der Waals surface area contributed by atoms with Gasteiger partial charge in [-0.2, -0.15) is 0 Å². The Morgan fingerprint density at radius 2 is 1.89 bits per heavy atom. The van der Waals surface area contributed by atoms with Crippen LogP contribution in [-0.4, -0.2) is 55.7 Å². The number of carbonyl (C=O) groups excluding carboxylic acids is 4. The number of imide groups is 1. The number of urea groups is 1. The first-order valence-electron chi connectivity index (χ1n) is 10.5. The summed E-state index contributed by atoms with van der Waals surface area (Å²) >= 11 is 6.89. The zero-order valence-electron chi connectivity index (χ0n) is 19.7. The molecule has 1 N–H and O–H groups in total. The summed E-state index contributed by atoms with van der Waals surface area (Å²) < 4.78 is 27.0. The van der Waals surface area contributed by atoms with Crippen molar-refractivity contribution in [2.75, 3.05) is 20.8 Å². The van der Waals surface area contributed by atoms with Crippen molar-refractivity contribution in [2.24, 2.45) is 0 Å². The average molecular weight is 630 g/mol. The first kappa shape index (κ1) is 27.3. The van der Waals surface area contributed by atoms with Crippen molar-refractivity contribution in [3.8, 4) is 11.5 Å². The van der Waals surface area contributed by atoms with Crippen LogP contribution in [0, 0.1) is 0 Å². The Balaban J connectivity index is 1.89. The van der Waals surface area contributed by atoms with Crippen molar-refractivity contribution >= 4 is 61.8 Å². The summed E-state index contributed by atoms with van der Waals surface area (Å²) in [6.07, 6.45) is 0.555. The maximum atomic E-state index is 13.0. The summed E-state index contributed by atoms with van der Waals surface area (Å²) in [6, 6.07) is 3.81. The first-order valence-corrected chi connectivity index (χ1v) is 12.1. The maximum absolute atomic E-state index is 13.0. The molecule has 192 valence electrons. The molecule has 0 saturated carbocycles. The highest BCUT2D eigenvalue weighted by Crippen LogP contribution is 2.44. The first-order chi connectivity index (χ1) is 17.1. The zero-order chi connectivity index (χ0) is 26.6. The highest BCUT2D eigenvalue weighted by molar-refractivity contribution is 9.13. The molecule has 11 nitrogen and oxygen atoms in total. The van der Waals surface area contributed by atoms with Gasteiger partial charge in [0.2, 0.25) is 5.76 Å². The average Bonchev–Trinajstić information content (AvgIpc) is 3.44. The van der Waals surface area contributed by atoms with Gasteiger partial charge < -0.3 is 28.7 Å². The van der Waals surface area contributed by atoms with E-state index in [-0.39, 0.29) is 29.5 Å². The maximum Gasteiger partial charge on any atom is 0.373 e. The van der Waals surface area contributed by atoms with Crippen molar-refractivity contribution in [3.05, 3.63) is 49.9 Å². The van der Waals surface area contributed by atoms with Crippen LogP contribution in [0.25, 0.3) is 6.08 Å². The monoisotopic (exact) mass is 628 g/mol. The molecule has 1 aromatic carbocycles. The predicted octanol–water partition coefficient (Wildman–Crippen LogP) is 4.02. The lowest BCUT2D eigenvalue weighted by Gasteiger charge is -2.19. The summed E-state index contributed by atoms with van der Waals surface area (Å²) in [5.74, 6) is -1.10. The number of ether oxygens (including phenoxy) is 4. The van der Waals surface area contributed by atoms with E-state index in [1.165, 1.54) is 39.4 Å². The normalized spacial score (nSPS) is 15.1. The van der Waals surface area contributed by atoms with Gasteiger partial charge in [-0.15, -0.1) is 0 Å². The quantitative estimate of drug-likeness (QED) is 0.248. The van der Waals surface area contributed by atoms with Crippen molar-refractivity contribution in [1.82, 2.24) is 10.2 Å². The molecule has 1 fully saturated rings. The number of methoxy groups -OCH3 is 2. The second-order valence-corrected chi connectivity index (χ2v) is 8.86. The van der Waals surface area contributed by atoms with E-state index in [1.54, 1.807) is 13.0 Å². The number of esters is 2. The lowest BCUT2D eigenvalue weighted by atomic mass is 10.1. The summed E-state index contributed by atoms with van der Waals surface area (Å²) in [6.45, 7) is 3.42. The second kappa shape index (κ2) is 11.6. The zero-order valence-corrected chi connectivity index (χ0v) is 22.9. The fourth-order valence-corrected chi connectivity index (χ4v) is 4.10. The summed E-state index contributed by atoms with van der Waals surface area (Å²) in [4.78, 5) is 49.8. The lowest BCUT2D eigenvalue weighted by Crippen LogP contribution is -2.30. The Morgan fingerprint density at radius 3 is 2.53 bits per heavy atom. The molecule has 2 heterocycles. The number of benzene rings is 1. The van der Waals surface area contributed by atoms with Crippen molar-refractivity contribution in [3.63, 3.8) is 0 Å². The molecule has 2 aromatic rings. The minimum atomic E-state index is -0.910. The van der Waals surface area contributed by atoms with Crippen LogP contribution in [0.1, 0.15) is 35.7 Å². The molecule has 0 spiro atoms. The van der Waals surface area contributed by atoms with Gasteiger partial charge in [0.1, 0.15) is 11.5 Å². The Kier molecular flexibility index (Phi) is 8.79. The van der Waals surface area contributed by atoms with Gasteiger partial charge in [0, 0.05) is 4.47 Å². The van der Waals surface area contributed by atoms with Gasteiger partial charge in [0.25, 0.3) is 5.91 Å². The Labute approximate surface area is 222 Å². The molecule has 36 heavy (non-hydrogen) atoms. The number of nitrogens with one attached hydrogen (secondary N) is 1. The molecule has 0 unspecified atom stereocenters. The van der Waals surface area contributed by atoms with Gasteiger partial charge in [0.15, 0.2) is 17.6 Å². The van der Waals surface area contributed by atoms with Crippen LogP contribution in [-0.2, 0) is 25.6 Å². The predicted molar refractivity (Wildman–Crippen MR) is 132 cm³/mol. The lowest BCUT2D eigenvalue weighted by molar-refractivity contribution is -0.148. The molecule has 1 aliphatic rings. The number of furan rings is 1. The summed E-state index contributed by atoms with van der Waals surface area (Å²) in [5.41, 5.74) is 0.492. The van der Waals surface area contributed by atoms with Crippen molar-refractivity contribution in [1.29, 1.82) is 0 Å². The van der Waals surface area contributed by atoms with Gasteiger partial charge in [0.05, 0.1) is 31.8 Å². The minimum absolute atomic E-state index is 0.00592. The van der Waals surface area contributed by atoms with Crippen LogP contribution in [0.15, 0.2) is 37.3 Å². The van der Waals surface area contributed by atoms with Crippen molar-refractivity contribution < 1.29 is 42.5 Å². The standard InChI is InChI=1S/C23H22Br2N2O9/c1-5-34-16-9-12(17(24)18(25)19(16)35-11(2)21(29)32-3)8-14-20(28)27(23(31)26-14)10-13-6-7-15(36-13)22(30)33-4/h6-9,11H,5,10H2,1-4H3,(H,26,31)/b14-8-/t11-/m1/s1. The van der Waals surface area contributed by atoms with E-state index in [0.29, 0.717) is 26.9 Å². The van der Waals surface area contributed by atoms with Gasteiger partial charge in [-0.05, 0) is 75.5 Å². The van der Waals surface area contributed by atoms with E-state index < -0.39 is 30.0 Å². The topological polar surface area (TPSA) is 134 Å². The SMILES string of the molecule is CCOc1cc(/C=C2\NC(=O)N(Cc3ccc(C(=O)OC)o3)C2=O)c(Br)c(Br)c1O[C@H](C)C(=O)OC. The van der Waals surface area contributed by atoms with Crippen LogP contribution >= 0.6 is 31.9 Å². The van der Waals surface area contributed by atoms with Crippen LogP contribution < -0.4 is 14.8 Å². The smallest absolute Gasteiger partial charge is 0.373 e.